The first-order valence-corrected chi connectivity index (χ1v) is 3.77. The van der Waals surface area contributed by atoms with Crippen LogP contribution in [-0.4, -0.2) is 50.6 Å². The highest BCUT2D eigenvalue weighted by molar-refractivity contribution is 5.75. The van der Waals surface area contributed by atoms with Crippen molar-refractivity contribution in [1.29, 1.82) is 0 Å². The van der Waals surface area contributed by atoms with Crippen LogP contribution in [-0.2, 0) is 9.53 Å². The van der Waals surface area contributed by atoms with Crippen molar-refractivity contribution in [2.45, 2.75) is 12.5 Å². The molecule has 0 fully saturated rings. The van der Waals surface area contributed by atoms with Gasteiger partial charge in [-0.3, -0.25) is 9.69 Å². The minimum atomic E-state index is -2.42. The van der Waals surface area contributed by atoms with Gasteiger partial charge in [0.15, 0.2) is 0 Å². The number of halogens is 2. The van der Waals surface area contributed by atoms with E-state index in [-0.39, 0.29) is 6.54 Å². The van der Waals surface area contributed by atoms with Gasteiger partial charge in [0, 0.05) is 6.54 Å². The normalized spacial score (nSPS) is 13.5. The first kappa shape index (κ1) is 12.2. The average Bonchev–Trinajstić information content (AvgIpc) is 2.01. The van der Waals surface area contributed by atoms with Crippen molar-refractivity contribution in [1.82, 2.24) is 4.90 Å². The van der Waals surface area contributed by atoms with Crippen LogP contribution in [0.5, 0.6) is 0 Å². The van der Waals surface area contributed by atoms with Crippen LogP contribution in [0.25, 0.3) is 0 Å². The van der Waals surface area contributed by atoms with Crippen molar-refractivity contribution < 1.29 is 18.3 Å². The van der Waals surface area contributed by atoms with Crippen LogP contribution >= 0.6 is 0 Å². The molecule has 0 rings (SSSR count). The van der Waals surface area contributed by atoms with Crippen LogP contribution in [0.4, 0.5) is 8.78 Å². The molecular weight excluding hydrogens is 182 g/mol. The summed E-state index contributed by atoms with van der Waals surface area (Å²) in [6.45, 7) is -0.332. The van der Waals surface area contributed by atoms with E-state index in [0.29, 0.717) is 0 Å². The van der Waals surface area contributed by atoms with Gasteiger partial charge in [-0.15, -0.1) is 0 Å². The number of hydrogen-bond donors (Lipinski definition) is 1. The number of nitrogens with zero attached hydrogens (tertiary/aromatic N) is 1. The Morgan fingerprint density at radius 1 is 1.54 bits per heavy atom. The molecular formula is C7H14F2N2O2. The SMILES string of the molecule is COC(=O)C(N)CN(C)CC(F)F. The first-order chi connectivity index (χ1) is 5.97. The molecule has 2 N–H and O–H groups in total. The standard InChI is InChI=1S/C7H14F2N2O2/c1-11(4-6(8)9)3-5(10)7(12)13-2/h5-6H,3-4,10H2,1-2H3. The summed E-state index contributed by atoms with van der Waals surface area (Å²) in [4.78, 5) is 12.1. The van der Waals surface area contributed by atoms with Crippen LogP contribution in [0, 0.1) is 0 Å². The fourth-order valence-corrected chi connectivity index (χ4v) is 0.872. The molecule has 6 heteroatoms. The topological polar surface area (TPSA) is 55.6 Å². The van der Waals surface area contributed by atoms with Gasteiger partial charge in [-0.05, 0) is 7.05 Å². The Bertz CT molecular complexity index is 167. The number of ether oxygens (including phenoxy) is 1. The minimum Gasteiger partial charge on any atom is -0.468 e. The predicted octanol–water partition coefficient (Wildman–Crippen LogP) is -0.316. The molecule has 78 valence electrons. The van der Waals surface area contributed by atoms with E-state index in [9.17, 15) is 13.6 Å². The lowest BCUT2D eigenvalue weighted by Gasteiger charge is -2.18. The third-order valence-corrected chi connectivity index (χ3v) is 1.46. The van der Waals surface area contributed by atoms with Crippen LogP contribution < -0.4 is 5.73 Å². The highest BCUT2D eigenvalue weighted by Gasteiger charge is 2.17. The van der Waals surface area contributed by atoms with Gasteiger partial charge in [-0.1, -0.05) is 0 Å². The molecule has 0 heterocycles. The second-order valence-corrected chi connectivity index (χ2v) is 2.74. The largest absolute Gasteiger partial charge is 0.468 e. The molecule has 0 bridgehead atoms. The summed E-state index contributed by atoms with van der Waals surface area (Å²) in [5.41, 5.74) is 5.34. The summed E-state index contributed by atoms with van der Waals surface area (Å²) in [6, 6.07) is -0.867. The number of esters is 1. The van der Waals surface area contributed by atoms with E-state index in [2.05, 4.69) is 4.74 Å². The van der Waals surface area contributed by atoms with E-state index in [4.69, 9.17) is 5.73 Å². The molecule has 0 saturated carbocycles. The lowest BCUT2D eigenvalue weighted by atomic mass is 10.3. The van der Waals surface area contributed by atoms with Crippen molar-refractivity contribution in [2.24, 2.45) is 5.73 Å². The van der Waals surface area contributed by atoms with Gasteiger partial charge in [0.05, 0.1) is 13.7 Å². The summed E-state index contributed by atoms with van der Waals surface area (Å²) in [7, 11) is 2.67. The highest BCUT2D eigenvalue weighted by atomic mass is 19.3. The molecule has 0 spiro atoms. The number of alkyl halides is 2. The van der Waals surface area contributed by atoms with Gasteiger partial charge in [0.1, 0.15) is 6.04 Å². The molecule has 0 saturated heterocycles. The number of hydrogen-bond acceptors (Lipinski definition) is 4. The lowest BCUT2D eigenvalue weighted by molar-refractivity contribution is -0.142. The predicted molar refractivity (Wildman–Crippen MR) is 43.5 cm³/mol. The van der Waals surface area contributed by atoms with Gasteiger partial charge in [-0.25, -0.2) is 8.78 Å². The number of carbonyl (C=O) groups excluding carboxylic acids is 1. The van der Waals surface area contributed by atoms with Crippen LogP contribution in [0.2, 0.25) is 0 Å². The zero-order chi connectivity index (χ0) is 10.4. The molecule has 0 aromatic rings. The molecule has 1 unspecified atom stereocenters. The molecule has 0 aromatic carbocycles. The molecule has 0 radical (unpaired) electrons. The van der Waals surface area contributed by atoms with Crippen LogP contribution in [0.15, 0.2) is 0 Å². The number of methoxy groups -OCH3 is 1. The number of carbonyl (C=O) groups is 1. The zero-order valence-corrected chi connectivity index (χ0v) is 7.67. The average molecular weight is 196 g/mol. The molecule has 0 aliphatic heterocycles. The maximum atomic E-state index is 11.8. The summed E-state index contributed by atoms with van der Waals surface area (Å²) >= 11 is 0. The van der Waals surface area contributed by atoms with Gasteiger partial charge in [0.25, 0.3) is 6.43 Å². The monoisotopic (exact) mass is 196 g/mol. The van der Waals surface area contributed by atoms with Crippen molar-refractivity contribution in [3.05, 3.63) is 0 Å². The van der Waals surface area contributed by atoms with Gasteiger partial charge in [0.2, 0.25) is 0 Å². The van der Waals surface area contributed by atoms with E-state index >= 15 is 0 Å². The van der Waals surface area contributed by atoms with E-state index in [1.54, 1.807) is 0 Å². The quantitative estimate of drug-likeness (QED) is 0.612. The number of rotatable bonds is 5. The van der Waals surface area contributed by atoms with Gasteiger partial charge < -0.3 is 10.5 Å². The summed E-state index contributed by atoms with van der Waals surface area (Å²) in [6.07, 6.45) is -2.42. The Hall–Kier alpha value is -0.750. The second kappa shape index (κ2) is 5.82. The third kappa shape index (κ3) is 5.48. The molecule has 0 aliphatic rings. The molecule has 0 aliphatic carbocycles. The van der Waals surface area contributed by atoms with Crippen molar-refractivity contribution in [2.75, 3.05) is 27.2 Å². The van der Waals surface area contributed by atoms with E-state index < -0.39 is 25.0 Å². The summed E-state index contributed by atoms with van der Waals surface area (Å²) in [5, 5.41) is 0. The van der Waals surface area contributed by atoms with Crippen LogP contribution in [0.3, 0.4) is 0 Å². The Morgan fingerprint density at radius 3 is 2.46 bits per heavy atom. The maximum absolute atomic E-state index is 11.8. The Kier molecular flexibility index (Phi) is 5.48. The summed E-state index contributed by atoms with van der Waals surface area (Å²) in [5.74, 6) is -0.596. The van der Waals surface area contributed by atoms with Crippen molar-refractivity contribution in [3.63, 3.8) is 0 Å². The first-order valence-electron chi connectivity index (χ1n) is 3.77. The second-order valence-electron chi connectivity index (χ2n) is 2.74. The highest BCUT2D eigenvalue weighted by Crippen LogP contribution is 1.96. The number of nitrogens with two attached hydrogens (primary N) is 1. The molecule has 0 aromatic heterocycles. The fourth-order valence-electron chi connectivity index (χ4n) is 0.872. The number of likely N-dealkylation sites (N-methyl/N-ethyl adjacent to an activating group) is 1. The van der Waals surface area contributed by atoms with Crippen LogP contribution in [0.1, 0.15) is 0 Å². The molecule has 13 heavy (non-hydrogen) atoms. The fraction of sp³-hybridized carbons (Fsp3) is 0.857. The van der Waals surface area contributed by atoms with E-state index in [1.165, 1.54) is 19.1 Å². The molecule has 4 nitrogen and oxygen atoms in total. The van der Waals surface area contributed by atoms with Crippen molar-refractivity contribution >= 4 is 5.97 Å². The van der Waals surface area contributed by atoms with E-state index in [1.807, 2.05) is 0 Å². The smallest absolute Gasteiger partial charge is 0.323 e. The lowest BCUT2D eigenvalue weighted by Crippen LogP contribution is -2.43. The van der Waals surface area contributed by atoms with Gasteiger partial charge in [-0.2, -0.15) is 0 Å². The van der Waals surface area contributed by atoms with Crippen molar-refractivity contribution in [3.8, 4) is 0 Å². The zero-order valence-electron chi connectivity index (χ0n) is 7.67. The Morgan fingerprint density at radius 2 is 2.08 bits per heavy atom. The molecule has 1 atom stereocenters. The third-order valence-electron chi connectivity index (χ3n) is 1.46. The maximum Gasteiger partial charge on any atom is 0.323 e. The van der Waals surface area contributed by atoms with Gasteiger partial charge >= 0.3 is 5.97 Å². The van der Waals surface area contributed by atoms with E-state index in [0.717, 1.165) is 0 Å². The Balaban J connectivity index is 3.77. The molecule has 0 amide bonds. The minimum absolute atomic E-state index is 0.0665. The summed E-state index contributed by atoms with van der Waals surface area (Å²) < 4.78 is 28.0. The Labute approximate surface area is 75.6 Å².